The molecular formula is C22H31N3O3. The molecule has 0 N–H and O–H groups in total. The van der Waals surface area contributed by atoms with E-state index in [-0.39, 0.29) is 11.8 Å². The van der Waals surface area contributed by atoms with Gasteiger partial charge in [-0.15, -0.1) is 0 Å². The fraction of sp³-hybridized carbons (Fsp3) is 0.636. The van der Waals surface area contributed by atoms with Gasteiger partial charge in [-0.05, 0) is 69.5 Å². The van der Waals surface area contributed by atoms with Crippen molar-refractivity contribution in [3.63, 3.8) is 0 Å². The van der Waals surface area contributed by atoms with E-state index in [4.69, 9.17) is 4.74 Å². The van der Waals surface area contributed by atoms with Crippen LogP contribution in [0.1, 0.15) is 48.9 Å². The van der Waals surface area contributed by atoms with Crippen molar-refractivity contribution in [2.75, 3.05) is 45.9 Å². The van der Waals surface area contributed by atoms with E-state index in [1.54, 1.807) is 0 Å². The minimum Gasteiger partial charge on any atom is -0.492 e. The lowest BCUT2D eigenvalue weighted by Gasteiger charge is -2.36. The van der Waals surface area contributed by atoms with Crippen LogP contribution in [0.2, 0.25) is 0 Å². The van der Waals surface area contributed by atoms with Gasteiger partial charge in [0.25, 0.3) is 5.91 Å². The quantitative estimate of drug-likeness (QED) is 0.755. The molecule has 28 heavy (non-hydrogen) atoms. The molecular weight excluding hydrogens is 354 g/mol. The molecule has 3 aliphatic rings. The van der Waals surface area contributed by atoms with Gasteiger partial charge < -0.3 is 19.4 Å². The Morgan fingerprint density at radius 2 is 1.68 bits per heavy atom. The molecule has 0 unspecified atom stereocenters. The van der Waals surface area contributed by atoms with E-state index in [2.05, 4.69) is 4.90 Å². The minimum atomic E-state index is 0.120. The number of likely N-dealkylation sites (tertiary alicyclic amines) is 3. The summed E-state index contributed by atoms with van der Waals surface area (Å²) in [4.78, 5) is 30.8. The topological polar surface area (TPSA) is 53.1 Å². The van der Waals surface area contributed by atoms with Crippen molar-refractivity contribution in [3.05, 3.63) is 29.8 Å². The van der Waals surface area contributed by atoms with Crippen LogP contribution in [0.4, 0.5) is 0 Å². The summed E-state index contributed by atoms with van der Waals surface area (Å²) in [5.74, 6) is 1.09. The van der Waals surface area contributed by atoms with Gasteiger partial charge in [-0.25, -0.2) is 0 Å². The molecule has 0 atom stereocenters. The number of rotatable bonds is 6. The zero-order valence-electron chi connectivity index (χ0n) is 16.6. The van der Waals surface area contributed by atoms with Crippen LogP contribution in [0.3, 0.4) is 0 Å². The van der Waals surface area contributed by atoms with Gasteiger partial charge in [0.15, 0.2) is 0 Å². The number of piperidine rings is 1. The summed E-state index contributed by atoms with van der Waals surface area (Å²) in [5, 5.41) is 0. The number of ether oxygens (including phenoxy) is 1. The first kappa shape index (κ1) is 19.2. The number of hydrogen-bond donors (Lipinski definition) is 0. The summed E-state index contributed by atoms with van der Waals surface area (Å²) < 4.78 is 5.74. The second kappa shape index (κ2) is 8.95. The molecule has 152 valence electrons. The number of carbonyl (C=O) groups is 2. The Morgan fingerprint density at radius 3 is 2.32 bits per heavy atom. The molecule has 4 rings (SSSR count). The highest BCUT2D eigenvalue weighted by atomic mass is 16.5. The van der Waals surface area contributed by atoms with Crippen molar-refractivity contribution in [2.45, 2.75) is 44.6 Å². The van der Waals surface area contributed by atoms with Crippen molar-refractivity contribution >= 4 is 11.8 Å². The van der Waals surface area contributed by atoms with E-state index in [9.17, 15) is 9.59 Å². The normalized spacial score (nSPS) is 21.5. The lowest BCUT2D eigenvalue weighted by atomic mass is 10.0. The Labute approximate surface area is 167 Å². The van der Waals surface area contributed by atoms with Crippen LogP contribution in [-0.4, -0.2) is 78.4 Å². The summed E-state index contributed by atoms with van der Waals surface area (Å²) in [6, 6.07) is 8.08. The van der Waals surface area contributed by atoms with Gasteiger partial charge in [0, 0.05) is 37.7 Å². The standard InChI is InChI=1S/C22H31N3O3/c26-21-4-3-13-24(21)16-17-28-20-7-5-18(6-8-20)22(27)25-14-9-19(10-15-25)23-11-1-2-12-23/h5-8,19H,1-4,9-17H2. The molecule has 0 saturated carbocycles. The molecule has 3 fully saturated rings. The largest absolute Gasteiger partial charge is 0.492 e. The zero-order chi connectivity index (χ0) is 19.3. The first-order valence-electron chi connectivity index (χ1n) is 10.7. The fourth-order valence-corrected chi connectivity index (χ4v) is 4.63. The van der Waals surface area contributed by atoms with E-state index in [1.165, 1.54) is 25.9 Å². The van der Waals surface area contributed by atoms with Crippen molar-refractivity contribution in [1.29, 1.82) is 0 Å². The zero-order valence-corrected chi connectivity index (χ0v) is 16.6. The molecule has 0 bridgehead atoms. The van der Waals surface area contributed by atoms with Crippen molar-refractivity contribution in [3.8, 4) is 5.75 Å². The van der Waals surface area contributed by atoms with Gasteiger partial charge in [0.05, 0.1) is 6.54 Å². The average molecular weight is 386 g/mol. The van der Waals surface area contributed by atoms with Gasteiger partial charge >= 0.3 is 0 Å². The number of nitrogens with zero attached hydrogens (tertiary/aromatic N) is 3. The molecule has 6 nitrogen and oxygen atoms in total. The Bertz CT molecular complexity index is 677. The SMILES string of the molecule is O=C1CCCN1CCOc1ccc(C(=O)N2CCC(N3CCCC3)CC2)cc1. The number of benzene rings is 1. The first-order valence-corrected chi connectivity index (χ1v) is 10.7. The van der Waals surface area contributed by atoms with Crippen LogP contribution in [0.15, 0.2) is 24.3 Å². The Morgan fingerprint density at radius 1 is 0.964 bits per heavy atom. The second-order valence-electron chi connectivity index (χ2n) is 8.12. The number of amides is 2. The summed E-state index contributed by atoms with van der Waals surface area (Å²) in [7, 11) is 0. The van der Waals surface area contributed by atoms with Crippen molar-refractivity contribution in [2.24, 2.45) is 0 Å². The predicted molar refractivity (Wildman–Crippen MR) is 107 cm³/mol. The van der Waals surface area contributed by atoms with Crippen LogP contribution in [0, 0.1) is 0 Å². The summed E-state index contributed by atoms with van der Waals surface area (Å²) in [6.07, 6.45) is 6.42. The van der Waals surface area contributed by atoms with Gasteiger partial charge in [-0.3, -0.25) is 9.59 Å². The van der Waals surface area contributed by atoms with E-state index in [0.717, 1.165) is 50.2 Å². The van der Waals surface area contributed by atoms with Crippen LogP contribution >= 0.6 is 0 Å². The molecule has 3 aliphatic heterocycles. The maximum atomic E-state index is 12.8. The van der Waals surface area contributed by atoms with Crippen LogP contribution in [0.5, 0.6) is 5.75 Å². The molecule has 0 radical (unpaired) electrons. The van der Waals surface area contributed by atoms with E-state index < -0.39 is 0 Å². The maximum Gasteiger partial charge on any atom is 0.253 e. The van der Waals surface area contributed by atoms with E-state index in [0.29, 0.717) is 25.6 Å². The van der Waals surface area contributed by atoms with Gasteiger partial charge in [0.1, 0.15) is 12.4 Å². The third kappa shape index (κ3) is 4.49. The highest BCUT2D eigenvalue weighted by molar-refractivity contribution is 5.94. The fourth-order valence-electron chi connectivity index (χ4n) is 4.63. The van der Waals surface area contributed by atoms with Gasteiger partial charge in [-0.2, -0.15) is 0 Å². The first-order chi connectivity index (χ1) is 13.7. The Balaban J connectivity index is 1.23. The predicted octanol–water partition coefficient (Wildman–Crippen LogP) is 2.39. The van der Waals surface area contributed by atoms with Crippen molar-refractivity contribution in [1.82, 2.24) is 14.7 Å². The maximum absolute atomic E-state index is 12.8. The van der Waals surface area contributed by atoms with Crippen LogP contribution < -0.4 is 4.74 Å². The van der Waals surface area contributed by atoms with Crippen molar-refractivity contribution < 1.29 is 14.3 Å². The lowest BCUT2D eigenvalue weighted by Crippen LogP contribution is -2.45. The Hall–Kier alpha value is -2.08. The number of carbonyl (C=O) groups excluding carboxylic acids is 2. The number of hydrogen-bond acceptors (Lipinski definition) is 4. The summed E-state index contributed by atoms with van der Waals surface area (Å²) in [5.41, 5.74) is 0.724. The molecule has 0 aliphatic carbocycles. The highest BCUT2D eigenvalue weighted by Gasteiger charge is 2.28. The average Bonchev–Trinajstić information content (AvgIpc) is 3.41. The molecule has 3 saturated heterocycles. The van der Waals surface area contributed by atoms with E-state index in [1.807, 2.05) is 34.1 Å². The van der Waals surface area contributed by atoms with Gasteiger partial charge in [0.2, 0.25) is 5.91 Å². The molecule has 3 heterocycles. The van der Waals surface area contributed by atoms with Gasteiger partial charge in [-0.1, -0.05) is 0 Å². The van der Waals surface area contributed by atoms with E-state index >= 15 is 0 Å². The smallest absolute Gasteiger partial charge is 0.253 e. The van der Waals surface area contributed by atoms with Crippen LogP contribution in [-0.2, 0) is 4.79 Å². The lowest BCUT2D eigenvalue weighted by molar-refractivity contribution is -0.128. The molecule has 1 aromatic rings. The molecule has 0 spiro atoms. The third-order valence-corrected chi connectivity index (χ3v) is 6.31. The third-order valence-electron chi connectivity index (χ3n) is 6.31. The molecule has 2 amide bonds. The highest BCUT2D eigenvalue weighted by Crippen LogP contribution is 2.22. The minimum absolute atomic E-state index is 0.120. The molecule has 1 aromatic carbocycles. The molecule has 6 heteroatoms. The second-order valence-corrected chi connectivity index (χ2v) is 8.12. The summed E-state index contributed by atoms with van der Waals surface area (Å²) >= 11 is 0. The summed E-state index contributed by atoms with van der Waals surface area (Å²) in [6.45, 7) is 6.11. The van der Waals surface area contributed by atoms with Crippen LogP contribution in [0.25, 0.3) is 0 Å². The molecule has 0 aromatic heterocycles. The Kier molecular flexibility index (Phi) is 6.15. The monoisotopic (exact) mass is 385 g/mol.